The van der Waals surface area contributed by atoms with Crippen LogP contribution in [-0.4, -0.2) is 33.5 Å². The van der Waals surface area contributed by atoms with E-state index < -0.39 is 6.04 Å². The highest BCUT2D eigenvalue weighted by Crippen LogP contribution is 2.26. The van der Waals surface area contributed by atoms with Gasteiger partial charge in [0.15, 0.2) is 0 Å². The SMILES string of the molecule is CCOc1ccc(-n2c(C(C)N(CC(C)C)C(=O)c3ccc(Cl)cc3)nc3ccccc3c2=O)cc1. The molecule has 0 radical (unpaired) electrons. The van der Waals surface area contributed by atoms with Gasteiger partial charge in [0.25, 0.3) is 11.5 Å². The Hall–Kier alpha value is -3.64. The Kier molecular flexibility index (Phi) is 7.75. The molecule has 3 aromatic carbocycles. The van der Waals surface area contributed by atoms with Crippen LogP contribution in [0, 0.1) is 5.92 Å². The number of benzene rings is 3. The number of carbonyl (C=O) groups excluding carboxylic acids is 1. The van der Waals surface area contributed by atoms with E-state index in [4.69, 9.17) is 21.3 Å². The Morgan fingerprint density at radius 2 is 1.67 bits per heavy atom. The van der Waals surface area contributed by atoms with Gasteiger partial charge in [0, 0.05) is 17.1 Å². The van der Waals surface area contributed by atoms with Crippen molar-refractivity contribution in [3.05, 3.63) is 99.6 Å². The van der Waals surface area contributed by atoms with Crippen LogP contribution >= 0.6 is 11.6 Å². The molecule has 7 heteroatoms. The molecule has 1 aromatic heterocycles. The van der Waals surface area contributed by atoms with Gasteiger partial charge < -0.3 is 9.64 Å². The number of ether oxygens (including phenoxy) is 1. The van der Waals surface area contributed by atoms with Crippen molar-refractivity contribution in [3.8, 4) is 11.4 Å². The zero-order chi connectivity index (χ0) is 25.8. The number of aromatic nitrogens is 2. The number of rotatable bonds is 8. The maximum atomic E-state index is 13.8. The second-order valence-corrected chi connectivity index (χ2v) is 9.53. The molecule has 0 bridgehead atoms. The van der Waals surface area contributed by atoms with E-state index in [0.717, 1.165) is 5.75 Å². The molecule has 0 aliphatic heterocycles. The molecule has 1 atom stereocenters. The minimum atomic E-state index is -0.487. The van der Waals surface area contributed by atoms with Gasteiger partial charge in [-0.25, -0.2) is 4.98 Å². The number of carbonyl (C=O) groups is 1. The molecule has 0 aliphatic rings. The summed E-state index contributed by atoms with van der Waals surface area (Å²) in [7, 11) is 0. The molecule has 0 saturated heterocycles. The van der Waals surface area contributed by atoms with Crippen molar-refractivity contribution in [1.29, 1.82) is 0 Å². The van der Waals surface area contributed by atoms with Crippen LogP contribution in [0.25, 0.3) is 16.6 Å². The Labute approximate surface area is 216 Å². The zero-order valence-electron chi connectivity index (χ0n) is 20.9. The lowest BCUT2D eigenvalue weighted by atomic mass is 10.1. The largest absolute Gasteiger partial charge is 0.494 e. The molecule has 6 nitrogen and oxygen atoms in total. The summed E-state index contributed by atoms with van der Waals surface area (Å²) >= 11 is 6.05. The first-order valence-corrected chi connectivity index (χ1v) is 12.5. The molecule has 1 heterocycles. The van der Waals surface area contributed by atoms with Crippen molar-refractivity contribution in [2.24, 2.45) is 5.92 Å². The maximum absolute atomic E-state index is 13.8. The van der Waals surface area contributed by atoms with E-state index >= 15 is 0 Å². The van der Waals surface area contributed by atoms with Gasteiger partial charge in [-0.15, -0.1) is 0 Å². The van der Waals surface area contributed by atoms with E-state index in [9.17, 15) is 9.59 Å². The van der Waals surface area contributed by atoms with E-state index in [1.807, 2.05) is 56.3 Å². The minimum absolute atomic E-state index is 0.145. The monoisotopic (exact) mass is 503 g/mol. The van der Waals surface area contributed by atoms with Gasteiger partial charge in [0.05, 0.1) is 29.2 Å². The molecule has 4 rings (SSSR count). The second-order valence-electron chi connectivity index (χ2n) is 9.09. The van der Waals surface area contributed by atoms with Gasteiger partial charge in [0.1, 0.15) is 11.6 Å². The van der Waals surface area contributed by atoms with Crippen molar-refractivity contribution in [3.63, 3.8) is 0 Å². The third kappa shape index (κ3) is 5.29. The van der Waals surface area contributed by atoms with E-state index in [1.54, 1.807) is 39.8 Å². The molecule has 1 amide bonds. The molecule has 186 valence electrons. The van der Waals surface area contributed by atoms with Crippen LogP contribution < -0.4 is 10.3 Å². The van der Waals surface area contributed by atoms with Gasteiger partial charge in [-0.3, -0.25) is 14.2 Å². The highest BCUT2D eigenvalue weighted by atomic mass is 35.5. The number of hydrogen-bond acceptors (Lipinski definition) is 4. The van der Waals surface area contributed by atoms with E-state index in [1.165, 1.54) is 0 Å². The van der Waals surface area contributed by atoms with Crippen molar-refractivity contribution >= 4 is 28.4 Å². The Balaban J connectivity index is 1.88. The van der Waals surface area contributed by atoms with E-state index in [-0.39, 0.29) is 17.4 Å². The van der Waals surface area contributed by atoms with Crippen molar-refractivity contribution in [2.45, 2.75) is 33.7 Å². The first-order chi connectivity index (χ1) is 17.3. The molecular formula is C29H30ClN3O3. The maximum Gasteiger partial charge on any atom is 0.266 e. The Morgan fingerprint density at radius 1 is 1.00 bits per heavy atom. The summed E-state index contributed by atoms with van der Waals surface area (Å²) in [6, 6.07) is 21.0. The predicted molar refractivity (Wildman–Crippen MR) is 144 cm³/mol. The number of para-hydroxylation sites is 1. The van der Waals surface area contributed by atoms with E-state index in [2.05, 4.69) is 13.8 Å². The second kappa shape index (κ2) is 11.0. The smallest absolute Gasteiger partial charge is 0.266 e. The lowest BCUT2D eigenvalue weighted by molar-refractivity contribution is 0.0655. The van der Waals surface area contributed by atoms with Crippen molar-refractivity contribution < 1.29 is 9.53 Å². The molecule has 0 N–H and O–H groups in total. The normalized spacial score (nSPS) is 12.1. The predicted octanol–water partition coefficient (Wildman–Crippen LogP) is 6.30. The van der Waals surface area contributed by atoms with Gasteiger partial charge in [-0.2, -0.15) is 0 Å². The van der Waals surface area contributed by atoms with Crippen molar-refractivity contribution in [1.82, 2.24) is 14.5 Å². The number of fused-ring (bicyclic) bond motifs is 1. The standard InChI is InChI=1S/C29H30ClN3O3/c1-5-36-24-16-14-23(15-17-24)33-27(31-26-9-7-6-8-25(26)29(33)35)20(4)32(18-19(2)3)28(34)21-10-12-22(30)13-11-21/h6-17,19-20H,5,18H2,1-4H3. The minimum Gasteiger partial charge on any atom is -0.494 e. The third-order valence-corrected chi connectivity index (χ3v) is 6.21. The summed E-state index contributed by atoms with van der Waals surface area (Å²) in [5.41, 5.74) is 1.60. The molecule has 0 saturated carbocycles. The summed E-state index contributed by atoms with van der Waals surface area (Å²) in [5, 5.41) is 1.08. The Morgan fingerprint density at radius 3 is 2.31 bits per heavy atom. The summed E-state index contributed by atoms with van der Waals surface area (Å²) in [4.78, 5) is 34.1. The lowest BCUT2D eigenvalue weighted by Crippen LogP contribution is -2.39. The number of halogens is 1. The fourth-order valence-corrected chi connectivity index (χ4v) is 4.37. The van der Waals surface area contributed by atoms with E-state index in [0.29, 0.717) is 46.2 Å². The topological polar surface area (TPSA) is 64.4 Å². The molecule has 0 spiro atoms. The number of hydrogen-bond donors (Lipinski definition) is 0. The number of amides is 1. The highest BCUT2D eigenvalue weighted by molar-refractivity contribution is 6.30. The first-order valence-electron chi connectivity index (χ1n) is 12.1. The summed E-state index contributed by atoms with van der Waals surface area (Å²) < 4.78 is 7.18. The summed E-state index contributed by atoms with van der Waals surface area (Å²) in [5.74, 6) is 1.27. The fraction of sp³-hybridized carbons (Fsp3) is 0.276. The molecule has 36 heavy (non-hydrogen) atoms. The van der Waals surface area contributed by atoms with Gasteiger partial charge in [-0.05, 0) is 80.4 Å². The zero-order valence-corrected chi connectivity index (χ0v) is 21.7. The van der Waals surface area contributed by atoms with Crippen LogP contribution in [0.1, 0.15) is 49.9 Å². The average Bonchev–Trinajstić information content (AvgIpc) is 2.87. The molecule has 0 aliphatic carbocycles. The third-order valence-electron chi connectivity index (χ3n) is 5.96. The van der Waals surface area contributed by atoms with Gasteiger partial charge in [0.2, 0.25) is 0 Å². The first kappa shape index (κ1) is 25.5. The quantitative estimate of drug-likeness (QED) is 0.283. The summed E-state index contributed by atoms with van der Waals surface area (Å²) in [6.45, 7) is 9.00. The Bertz CT molecular complexity index is 1410. The van der Waals surface area contributed by atoms with Crippen LogP contribution in [0.4, 0.5) is 0 Å². The fourth-order valence-electron chi connectivity index (χ4n) is 4.25. The van der Waals surface area contributed by atoms with Crippen LogP contribution in [0.3, 0.4) is 0 Å². The highest BCUT2D eigenvalue weighted by Gasteiger charge is 2.28. The number of nitrogens with zero attached hydrogens (tertiary/aromatic N) is 3. The lowest BCUT2D eigenvalue weighted by Gasteiger charge is -2.32. The summed E-state index contributed by atoms with van der Waals surface area (Å²) in [6.07, 6.45) is 0. The average molecular weight is 504 g/mol. The van der Waals surface area contributed by atoms with Crippen LogP contribution in [0.15, 0.2) is 77.6 Å². The van der Waals surface area contributed by atoms with Crippen LogP contribution in [-0.2, 0) is 0 Å². The van der Waals surface area contributed by atoms with Gasteiger partial charge in [-0.1, -0.05) is 37.6 Å². The van der Waals surface area contributed by atoms with Crippen LogP contribution in [0.2, 0.25) is 5.02 Å². The molecular weight excluding hydrogens is 474 g/mol. The van der Waals surface area contributed by atoms with Crippen LogP contribution in [0.5, 0.6) is 5.75 Å². The molecule has 0 fully saturated rings. The van der Waals surface area contributed by atoms with Gasteiger partial charge >= 0.3 is 0 Å². The molecule has 1 unspecified atom stereocenters. The molecule has 4 aromatic rings. The van der Waals surface area contributed by atoms with Crippen molar-refractivity contribution in [2.75, 3.05) is 13.2 Å².